The zero-order valence-corrected chi connectivity index (χ0v) is 15.5. The molecule has 1 aliphatic rings. The quantitative estimate of drug-likeness (QED) is 0.854. The molecular weight excluding hydrogens is 362 g/mol. The lowest BCUT2D eigenvalue weighted by Crippen LogP contribution is -2.49. The average Bonchev–Trinajstić information content (AvgIpc) is 2.63. The van der Waals surface area contributed by atoms with Crippen LogP contribution in [0.25, 0.3) is 0 Å². The van der Waals surface area contributed by atoms with Crippen LogP contribution in [0.4, 0.5) is 11.6 Å². The SMILES string of the molecule is CCNc1ccc(N2CCN(S(=O)(=O)c3ccccc3Cl)CC2)nn1. The van der Waals surface area contributed by atoms with Gasteiger partial charge in [0.1, 0.15) is 10.7 Å². The monoisotopic (exact) mass is 381 g/mol. The van der Waals surface area contributed by atoms with E-state index < -0.39 is 10.0 Å². The molecule has 1 N–H and O–H groups in total. The maximum Gasteiger partial charge on any atom is 0.244 e. The van der Waals surface area contributed by atoms with Gasteiger partial charge in [-0.25, -0.2) is 8.42 Å². The number of sulfonamides is 1. The van der Waals surface area contributed by atoms with Gasteiger partial charge in [0.15, 0.2) is 5.82 Å². The van der Waals surface area contributed by atoms with Crippen molar-refractivity contribution >= 4 is 33.3 Å². The van der Waals surface area contributed by atoms with Crippen LogP contribution in [-0.4, -0.2) is 55.6 Å². The molecule has 0 radical (unpaired) electrons. The number of piperazine rings is 1. The lowest BCUT2D eigenvalue weighted by molar-refractivity contribution is 0.383. The highest BCUT2D eigenvalue weighted by Crippen LogP contribution is 2.25. The highest BCUT2D eigenvalue weighted by atomic mass is 35.5. The number of nitrogens with one attached hydrogen (secondary N) is 1. The van der Waals surface area contributed by atoms with Crippen LogP contribution in [0.2, 0.25) is 5.02 Å². The topological polar surface area (TPSA) is 78.4 Å². The molecular formula is C16H20ClN5O2S. The Kier molecular flexibility index (Phi) is 5.41. The first kappa shape index (κ1) is 17.9. The number of aromatic nitrogens is 2. The molecule has 0 aliphatic carbocycles. The molecule has 0 saturated carbocycles. The highest BCUT2D eigenvalue weighted by Gasteiger charge is 2.30. The fourth-order valence-electron chi connectivity index (χ4n) is 2.72. The Bertz CT molecular complexity index is 821. The van der Waals surface area contributed by atoms with Crippen LogP contribution in [0.3, 0.4) is 0 Å². The van der Waals surface area contributed by atoms with Crippen molar-refractivity contribution in [3.8, 4) is 0 Å². The Hall–Kier alpha value is -1.90. The molecule has 7 nitrogen and oxygen atoms in total. The van der Waals surface area contributed by atoms with Crippen LogP contribution in [0.5, 0.6) is 0 Å². The molecule has 25 heavy (non-hydrogen) atoms. The molecule has 2 heterocycles. The van der Waals surface area contributed by atoms with Crippen molar-refractivity contribution in [1.82, 2.24) is 14.5 Å². The van der Waals surface area contributed by atoms with Crippen molar-refractivity contribution in [3.63, 3.8) is 0 Å². The molecule has 1 aromatic carbocycles. The summed E-state index contributed by atoms with van der Waals surface area (Å²) in [5, 5.41) is 11.7. The number of benzene rings is 1. The standard InChI is InChI=1S/C16H20ClN5O2S/c1-2-18-15-7-8-16(20-19-15)21-9-11-22(12-10-21)25(23,24)14-6-4-3-5-13(14)17/h3-8H,2,9-12H2,1H3,(H,18,19). The van der Waals surface area contributed by atoms with Crippen LogP contribution < -0.4 is 10.2 Å². The molecule has 134 valence electrons. The Balaban J connectivity index is 1.68. The summed E-state index contributed by atoms with van der Waals surface area (Å²) in [6, 6.07) is 10.3. The smallest absolute Gasteiger partial charge is 0.244 e. The zero-order chi connectivity index (χ0) is 17.9. The molecule has 1 saturated heterocycles. The van der Waals surface area contributed by atoms with E-state index in [1.807, 2.05) is 24.0 Å². The lowest BCUT2D eigenvalue weighted by atomic mass is 10.3. The van der Waals surface area contributed by atoms with Gasteiger partial charge in [-0.2, -0.15) is 4.31 Å². The van der Waals surface area contributed by atoms with E-state index in [1.54, 1.807) is 18.2 Å². The normalized spacial score (nSPS) is 16.0. The summed E-state index contributed by atoms with van der Waals surface area (Å²) in [5.41, 5.74) is 0. The van der Waals surface area contributed by atoms with E-state index in [4.69, 9.17) is 11.6 Å². The van der Waals surface area contributed by atoms with Crippen molar-refractivity contribution in [3.05, 3.63) is 41.4 Å². The summed E-state index contributed by atoms with van der Waals surface area (Å²) < 4.78 is 27.0. The fraction of sp³-hybridized carbons (Fsp3) is 0.375. The summed E-state index contributed by atoms with van der Waals surface area (Å²) in [5.74, 6) is 1.47. The third-order valence-corrected chi connectivity index (χ3v) is 6.42. The van der Waals surface area contributed by atoms with Gasteiger partial charge in [0, 0.05) is 32.7 Å². The van der Waals surface area contributed by atoms with E-state index in [0.717, 1.165) is 18.2 Å². The van der Waals surface area contributed by atoms with E-state index in [-0.39, 0.29) is 9.92 Å². The van der Waals surface area contributed by atoms with Gasteiger partial charge in [-0.05, 0) is 31.2 Å². The molecule has 9 heteroatoms. The second kappa shape index (κ2) is 7.55. The summed E-state index contributed by atoms with van der Waals surface area (Å²) in [6.07, 6.45) is 0. The molecule has 0 amide bonds. The van der Waals surface area contributed by atoms with Crippen molar-refractivity contribution in [2.45, 2.75) is 11.8 Å². The molecule has 0 atom stereocenters. The van der Waals surface area contributed by atoms with Crippen molar-refractivity contribution in [2.75, 3.05) is 42.9 Å². The molecule has 2 aromatic rings. The minimum atomic E-state index is -3.58. The van der Waals surface area contributed by atoms with Crippen LogP contribution in [0.15, 0.2) is 41.3 Å². The summed E-state index contributed by atoms with van der Waals surface area (Å²) in [6.45, 7) is 4.65. The third kappa shape index (κ3) is 3.86. The van der Waals surface area contributed by atoms with Gasteiger partial charge in [0.2, 0.25) is 10.0 Å². The molecule has 0 unspecified atom stereocenters. The summed E-state index contributed by atoms with van der Waals surface area (Å²) >= 11 is 6.05. The van der Waals surface area contributed by atoms with Crippen LogP contribution in [0.1, 0.15) is 6.92 Å². The largest absolute Gasteiger partial charge is 0.369 e. The van der Waals surface area contributed by atoms with Gasteiger partial charge in [0.05, 0.1) is 5.02 Å². The Morgan fingerprint density at radius 1 is 1.08 bits per heavy atom. The third-order valence-electron chi connectivity index (χ3n) is 4.03. The van der Waals surface area contributed by atoms with Gasteiger partial charge in [-0.3, -0.25) is 0 Å². The first-order valence-electron chi connectivity index (χ1n) is 8.09. The number of halogens is 1. The molecule has 1 fully saturated rings. The summed E-state index contributed by atoms with van der Waals surface area (Å²) in [4.78, 5) is 2.18. The minimum Gasteiger partial charge on any atom is -0.369 e. The van der Waals surface area contributed by atoms with Gasteiger partial charge < -0.3 is 10.2 Å². The van der Waals surface area contributed by atoms with E-state index >= 15 is 0 Å². The Morgan fingerprint density at radius 3 is 2.40 bits per heavy atom. The second-order valence-corrected chi connectivity index (χ2v) is 7.94. The first-order chi connectivity index (χ1) is 12.0. The van der Waals surface area contributed by atoms with Gasteiger partial charge in [-0.1, -0.05) is 23.7 Å². The van der Waals surface area contributed by atoms with Crippen molar-refractivity contribution in [1.29, 1.82) is 0 Å². The van der Waals surface area contributed by atoms with E-state index in [2.05, 4.69) is 15.5 Å². The predicted molar refractivity (Wildman–Crippen MR) is 98.6 cm³/mol. The molecule has 0 spiro atoms. The van der Waals surface area contributed by atoms with Crippen molar-refractivity contribution in [2.24, 2.45) is 0 Å². The number of hydrogen-bond acceptors (Lipinski definition) is 6. The number of anilines is 2. The maximum atomic E-state index is 12.8. The van der Waals surface area contributed by atoms with Gasteiger partial charge in [-0.15, -0.1) is 10.2 Å². The Morgan fingerprint density at radius 2 is 1.80 bits per heavy atom. The summed E-state index contributed by atoms with van der Waals surface area (Å²) in [7, 11) is -3.58. The van der Waals surface area contributed by atoms with Gasteiger partial charge in [0.25, 0.3) is 0 Å². The fourth-order valence-corrected chi connectivity index (χ4v) is 4.64. The number of nitrogens with zero attached hydrogens (tertiary/aromatic N) is 4. The molecule has 0 bridgehead atoms. The predicted octanol–water partition coefficient (Wildman–Crippen LogP) is 2.07. The van der Waals surface area contributed by atoms with Crippen LogP contribution in [0, 0.1) is 0 Å². The highest BCUT2D eigenvalue weighted by molar-refractivity contribution is 7.89. The minimum absolute atomic E-state index is 0.153. The van der Waals surface area contributed by atoms with Crippen LogP contribution >= 0.6 is 11.6 Å². The number of hydrogen-bond donors (Lipinski definition) is 1. The van der Waals surface area contributed by atoms with Gasteiger partial charge >= 0.3 is 0 Å². The Labute approximate surface area is 152 Å². The van der Waals surface area contributed by atoms with Crippen molar-refractivity contribution < 1.29 is 8.42 Å². The first-order valence-corrected chi connectivity index (χ1v) is 9.91. The van der Waals surface area contributed by atoms with E-state index in [1.165, 1.54) is 10.4 Å². The average molecular weight is 382 g/mol. The van der Waals surface area contributed by atoms with E-state index in [0.29, 0.717) is 26.2 Å². The molecule has 1 aliphatic heterocycles. The molecule has 3 rings (SSSR count). The molecule has 1 aromatic heterocycles. The van der Waals surface area contributed by atoms with E-state index in [9.17, 15) is 8.42 Å². The van der Waals surface area contributed by atoms with Crippen LogP contribution in [-0.2, 0) is 10.0 Å². The second-order valence-electron chi connectivity index (χ2n) is 5.63. The number of rotatable bonds is 5. The zero-order valence-electron chi connectivity index (χ0n) is 13.9. The lowest BCUT2D eigenvalue weighted by Gasteiger charge is -2.34. The maximum absolute atomic E-state index is 12.8.